The summed E-state index contributed by atoms with van der Waals surface area (Å²) in [6.45, 7) is -0.645. The largest absolute Gasteiger partial charge is 0.433 e. The van der Waals surface area contributed by atoms with Crippen molar-refractivity contribution in [3.8, 4) is 5.75 Å². The van der Waals surface area contributed by atoms with E-state index in [1.807, 2.05) is 0 Å². The third-order valence-electron chi connectivity index (χ3n) is 2.40. The van der Waals surface area contributed by atoms with Gasteiger partial charge in [-0.15, -0.1) is 0 Å². The highest BCUT2D eigenvalue weighted by Crippen LogP contribution is 2.25. The third-order valence-corrected chi connectivity index (χ3v) is 2.40. The molecule has 0 bridgehead atoms. The number of anilines is 1. The van der Waals surface area contributed by atoms with E-state index in [2.05, 4.69) is 20.0 Å². The van der Waals surface area contributed by atoms with E-state index in [0.29, 0.717) is 18.1 Å². The summed E-state index contributed by atoms with van der Waals surface area (Å²) in [6, 6.07) is 8.30. The first-order chi connectivity index (χ1) is 9.15. The van der Waals surface area contributed by atoms with Crippen LogP contribution in [0.5, 0.6) is 5.75 Å². The van der Waals surface area contributed by atoms with Crippen LogP contribution in [-0.2, 0) is 6.54 Å². The van der Waals surface area contributed by atoms with Crippen molar-refractivity contribution in [3.63, 3.8) is 0 Å². The SMILES string of the molecule is Cc1nccc(CNc2ccccc2OC(F)F)n1. The quantitative estimate of drug-likeness (QED) is 0.902. The second-order valence-corrected chi connectivity index (χ2v) is 3.82. The summed E-state index contributed by atoms with van der Waals surface area (Å²) < 4.78 is 28.9. The molecule has 1 aromatic carbocycles. The van der Waals surface area contributed by atoms with E-state index >= 15 is 0 Å². The molecule has 0 amide bonds. The summed E-state index contributed by atoms with van der Waals surface area (Å²) >= 11 is 0. The van der Waals surface area contributed by atoms with E-state index in [1.165, 1.54) is 6.07 Å². The summed E-state index contributed by atoms with van der Waals surface area (Å²) in [7, 11) is 0. The summed E-state index contributed by atoms with van der Waals surface area (Å²) in [5.74, 6) is 0.777. The minimum Gasteiger partial charge on any atom is -0.433 e. The summed E-state index contributed by atoms with van der Waals surface area (Å²) in [5, 5.41) is 3.01. The lowest BCUT2D eigenvalue weighted by Gasteiger charge is -2.12. The lowest BCUT2D eigenvalue weighted by atomic mass is 10.3. The lowest BCUT2D eigenvalue weighted by molar-refractivity contribution is -0.0493. The zero-order chi connectivity index (χ0) is 13.7. The number of aromatic nitrogens is 2. The number of hydrogen-bond acceptors (Lipinski definition) is 4. The molecule has 2 rings (SSSR count). The van der Waals surface area contributed by atoms with Crippen LogP contribution < -0.4 is 10.1 Å². The van der Waals surface area contributed by atoms with Crippen LogP contribution in [0.4, 0.5) is 14.5 Å². The standard InChI is InChI=1S/C13H13F2N3O/c1-9-16-7-6-10(18-9)8-17-11-4-2-3-5-12(11)19-13(14)15/h2-7,13,17H,8H2,1H3. The minimum atomic E-state index is -2.84. The second kappa shape index (κ2) is 6.08. The molecule has 4 nitrogen and oxygen atoms in total. The Bertz CT molecular complexity index is 549. The number of ether oxygens (including phenoxy) is 1. The fraction of sp³-hybridized carbons (Fsp3) is 0.231. The monoisotopic (exact) mass is 265 g/mol. The van der Waals surface area contributed by atoms with Gasteiger partial charge in [0.1, 0.15) is 11.6 Å². The summed E-state index contributed by atoms with van der Waals surface area (Å²) in [5.41, 5.74) is 1.28. The minimum absolute atomic E-state index is 0.114. The first-order valence-corrected chi connectivity index (χ1v) is 5.71. The predicted octanol–water partition coefficient (Wildman–Crippen LogP) is 3.00. The first kappa shape index (κ1) is 13.2. The van der Waals surface area contributed by atoms with Gasteiger partial charge in [0.25, 0.3) is 0 Å². The molecule has 1 heterocycles. The fourth-order valence-electron chi connectivity index (χ4n) is 1.60. The molecule has 0 aliphatic heterocycles. The average Bonchev–Trinajstić information content (AvgIpc) is 2.37. The molecule has 0 aliphatic rings. The Balaban J connectivity index is 2.07. The van der Waals surface area contributed by atoms with Crippen LogP contribution in [0.2, 0.25) is 0 Å². The Morgan fingerprint density at radius 1 is 1.26 bits per heavy atom. The smallest absolute Gasteiger partial charge is 0.387 e. The van der Waals surface area contributed by atoms with Gasteiger partial charge in [-0.05, 0) is 25.1 Å². The Hall–Kier alpha value is -2.24. The number of nitrogens with zero attached hydrogens (tertiary/aromatic N) is 2. The zero-order valence-electron chi connectivity index (χ0n) is 10.3. The van der Waals surface area contributed by atoms with E-state index in [0.717, 1.165) is 5.69 Å². The first-order valence-electron chi connectivity index (χ1n) is 5.71. The average molecular weight is 265 g/mol. The highest BCUT2D eigenvalue weighted by atomic mass is 19.3. The number of para-hydroxylation sites is 2. The molecular weight excluding hydrogens is 252 g/mol. The van der Waals surface area contributed by atoms with E-state index in [1.54, 1.807) is 37.4 Å². The van der Waals surface area contributed by atoms with Crippen LogP contribution in [0.3, 0.4) is 0 Å². The third kappa shape index (κ3) is 3.87. The molecule has 1 aromatic heterocycles. The molecule has 19 heavy (non-hydrogen) atoms. The number of halogens is 2. The Labute approximate surface area is 109 Å². The van der Waals surface area contributed by atoms with Crippen LogP contribution in [0.25, 0.3) is 0 Å². The number of alkyl halides is 2. The summed E-state index contributed by atoms with van der Waals surface area (Å²) in [6.07, 6.45) is 1.65. The molecule has 0 aliphatic carbocycles. The van der Waals surface area contributed by atoms with Crippen molar-refractivity contribution in [2.45, 2.75) is 20.1 Å². The Morgan fingerprint density at radius 2 is 2.05 bits per heavy atom. The predicted molar refractivity (Wildman–Crippen MR) is 67.2 cm³/mol. The molecule has 0 fully saturated rings. The van der Waals surface area contributed by atoms with Gasteiger partial charge in [-0.1, -0.05) is 12.1 Å². The number of rotatable bonds is 5. The van der Waals surface area contributed by atoms with Gasteiger partial charge in [0, 0.05) is 6.20 Å². The van der Waals surface area contributed by atoms with E-state index in [-0.39, 0.29) is 5.75 Å². The number of hydrogen-bond donors (Lipinski definition) is 1. The summed E-state index contributed by atoms with van der Waals surface area (Å²) in [4.78, 5) is 8.21. The molecule has 0 unspecified atom stereocenters. The van der Waals surface area contributed by atoms with Gasteiger partial charge in [0.2, 0.25) is 0 Å². The van der Waals surface area contributed by atoms with Crippen molar-refractivity contribution in [3.05, 3.63) is 48.0 Å². The van der Waals surface area contributed by atoms with Crippen molar-refractivity contribution in [1.82, 2.24) is 9.97 Å². The van der Waals surface area contributed by atoms with Crippen molar-refractivity contribution < 1.29 is 13.5 Å². The molecule has 100 valence electrons. The van der Waals surface area contributed by atoms with Gasteiger partial charge in [0.15, 0.2) is 0 Å². The van der Waals surface area contributed by atoms with E-state index < -0.39 is 6.61 Å². The van der Waals surface area contributed by atoms with Gasteiger partial charge in [-0.3, -0.25) is 0 Å². The van der Waals surface area contributed by atoms with E-state index in [9.17, 15) is 8.78 Å². The topological polar surface area (TPSA) is 47.0 Å². The van der Waals surface area contributed by atoms with Gasteiger partial charge in [-0.25, -0.2) is 9.97 Å². The maximum absolute atomic E-state index is 12.2. The second-order valence-electron chi connectivity index (χ2n) is 3.82. The normalized spacial score (nSPS) is 10.5. The van der Waals surface area contributed by atoms with Crippen LogP contribution in [-0.4, -0.2) is 16.6 Å². The molecular formula is C13H13F2N3O. The van der Waals surface area contributed by atoms with Gasteiger partial charge in [0.05, 0.1) is 17.9 Å². The highest BCUT2D eigenvalue weighted by Gasteiger charge is 2.08. The van der Waals surface area contributed by atoms with Crippen molar-refractivity contribution in [2.24, 2.45) is 0 Å². The number of nitrogens with one attached hydrogen (secondary N) is 1. The molecule has 0 radical (unpaired) electrons. The fourth-order valence-corrected chi connectivity index (χ4v) is 1.60. The number of benzene rings is 1. The van der Waals surface area contributed by atoms with Crippen molar-refractivity contribution in [2.75, 3.05) is 5.32 Å². The molecule has 0 saturated heterocycles. The maximum Gasteiger partial charge on any atom is 0.387 e. The van der Waals surface area contributed by atoms with Crippen LogP contribution in [0.1, 0.15) is 11.5 Å². The molecule has 2 aromatic rings. The zero-order valence-corrected chi connectivity index (χ0v) is 10.3. The van der Waals surface area contributed by atoms with Crippen LogP contribution in [0.15, 0.2) is 36.5 Å². The maximum atomic E-state index is 12.2. The molecule has 0 spiro atoms. The van der Waals surface area contributed by atoms with Gasteiger partial charge in [-0.2, -0.15) is 8.78 Å². The van der Waals surface area contributed by atoms with Gasteiger partial charge < -0.3 is 10.1 Å². The number of aryl methyl sites for hydroxylation is 1. The van der Waals surface area contributed by atoms with Crippen LogP contribution >= 0.6 is 0 Å². The van der Waals surface area contributed by atoms with Crippen molar-refractivity contribution >= 4 is 5.69 Å². The Kier molecular flexibility index (Phi) is 4.22. The molecule has 0 atom stereocenters. The highest BCUT2D eigenvalue weighted by molar-refractivity contribution is 5.56. The van der Waals surface area contributed by atoms with Gasteiger partial charge >= 0.3 is 6.61 Å². The lowest BCUT2D eigenvalue weighted by Crippen LogP contribution is -2.07. The molecule has 0 saturated carbocycles. The molecule has 1 N–H and O–H groups in total. The van der Waals surface area contributed by atoms with Crippen molar-refractivity contribution in [1.29, 1.82) is 0 Å². The Morgan fingerprint density at radius 3 is 2.79 bits per heavy atom. The van der Waals surface area contributed by atoms with Crippen LogP contribution in [0, 0.1) is 6.92 Å². The molecule has 6 heteroatoms. The van der Waals surface area contributed by atoms with E-state index in [4.69, 9.17) is 0 Å².